The smallest absolute Gasteiger partial charge is 0.245 e. The van der Waals surface area contributed by atoms with Gasteiger partial charge in [-0.3, -0.25) is 0 Å². The Hall–Kier alpha value is -1.24. The number of aliphatic hydroxyl groups excluding tert-OH is 2. The Balaban J connectivity index is 3.72. The quantitative estimate of drug-likeness (QED) is 0.429. The van der Waals surface area contributed by atoms with E-state index in [0.717, 1.165) is 0 Å². The maximum absolute atomic E-state index is 13.2. The van der Waals surface area contributed by atoms with Crippen molar-refractivity contribution in [3.63, 3.8) is 0 Å². The number of aryl methyl sites for hydroxylation is 1. The molecule has 0 aliphatic heterocycles. The molecule has 1 atom stereocenters. The minimum absolute atomic E-state index is 0.0831. The van der Waals surface area contributed by atoms with Crippen molar-refractivity contribution < 1.29 is 27.0 Å². The van der Waals surface area contributed by atoms with Gasteiger partial charge < -0.3 is 15.5 Å². The Morgan fingerprint density at radius 2 is 1.41 bits per heavy atom. The molecular formula is C18H33N3O6S2. The molecule has 29 heavy (non-hydrogen) atoms. The second-order valence-corrected chi connectivity index (χ2v) is 10.4. The first-order chi connectivity index (χ1) is 13.5. The predicted octanol–water partition coefficient (Wildman–Crippen LogP) is 0.821. The van der Waals surface area contributed by atoms with Crippen LogP contribution in [-0.4, -0.2) is 81.1 Å². The van der Waals surface area contributed by atoms with Gasteiger partial charge in [0.05, 0.1) is 23.3 Å². The van der Waals surface area contributed by atoms with Gasteiger partial charge in [0.1, 0.15) is 4.90 Å². The molecule has 0 aromatic heterocycles. The van der Waals surface area contributed by atoms with E-state index in [1.165, 1.54) is 20.7 Å². The zero-order valence-corrected chi connectivity index (χ0v) is 19.3. The van der Waals surface area contributed by atoms with Gasteiger partial charge in [0, 0.05) is 32.7 Å². The van der Waals surface area contributed by atoms with Crippen molar-refractivity contribution in [2.45, 2.75) is 50.5 Å². The van der Waals surface area contributed by atoms with E-state index in [1.807, 2.05) is 0 Å². The largest absolute Gasteiger partial charge is 0.394 e. The van der Waals surface area contributed by atoms with Gasteiger partial charge in [0.25, 0.3) is 0 Å². The van der Waals surface area contributed by atoms with E-state index in [0.29, 0.717) is 5.56 Å². The number of rotatable bonds is 12. The van der Waals surface area contributed by atoms with Crippen molar-refractivity contribution in [3.8, 4) is 0 Å². The molecule has 168 valence electrons. The van der Waals surface area contributed by atoms with Crippen LogP contribution in [0, 0.1) is 6.92 Å². The molecule has 0 fully saturated rings. The van der Waals surface area contributed by atoms with Crippen molar-refractivity contribution in [2.24, 2.45) is 0 Å². The topological polar surface area (TPSA) is 127 Å². The standard InChI is InChI=1S/C18H33N3O6S2/c1-6-20(7-2)28(24,25)16-10-14(5)18(19-12-15(23)13-22)17(11-16)29(26,27)21(8-3)9-4/h10-11,15,19,22-23H,6-9,12-13H2,1-5H3. The average Bonchev–Trinajstić information content (AvgIpc) is 2.67. The Bertz CT molecular complexity index is 879. The van der Waals surface area contributed by atoms with Crippen molar-refractivity contribution >= 4 is 25.7 Å². The second-order valence-electron chi connectivity index (χ2n) is 6.51. The molecule has 1 unspecified atom stereocenters. The summed E-state index contributed by atoms with van der Waals surface area (Å²) in [5.74, 6) is 0. The Morgan fingerprint density at radius 1 is 0.931 bits per heavy atom. The Labute approximate surface area is 174 Å². The van der Waals surface area contributed by atoms with Crippen LogP contribution in [-0.2, 0) is 20.0 Å². The van der Waals surface area contributed by atoms with E-state index in [9.17, 15) is 21.9 Å². The number of sulfonamides is 2. The summed E-state index contributed by atoms with van der Waals surface area (Å²) in [4.78, 5) is -0.269. The summed E-state index contributed by atoms with van der Waals surface area (Å²) in [7, 11) is -7.85. The molecule has 0 amide bonds. The molecule has 0 saturated heterocycles. The van der Waals surface area contributed by atoms with Crippen LogP contribution in [0.5, 0.6) is 0 Å². The van der Waals surface area contributed by atoms with E-state index < -0.39 is 32.8 Å². The normalized spacial score (nSPS) is 13.8. The molecule has 0 radical (unpaired) electrons. The third kappa shape index (κ3) is 5.68. The molecule has 0 bridgehead atoms. The van der Waals surface area contributed by atoms with Crippen molar-refractivity contribution in [2.75, 3.05) is 44.6 Å². The fourth-order valence-corrected chi connectivity index (χ4v) is 6.37. The Kier molecular flexibility index (Phi) is 9.51. The lowest BCUT2D eigenvalue weighted by Gasteiger charge is -2.25. The molecular weight excluding hydrogens is 418 g/mol. The number of hydrogen-bond acceptors (Lipinski definition) is 7. The van der Waals surface area contributed by atoms with Crippen LogP contribution in [0.15, 0.2) is 21.9 Å². The zero-order chi connectivity index (χ0) is 22.4. The van der Waals surface area contributed by atoms with Gasteiger partial charge in [0.15, 0.2) is 0 Å². The molecule has 0 aliphatic carbocycles. The average molecular weight is 452 g/mol. The summed E-state index contributed by atoms with van der Waals surface area (Å²) in [6.07, 6.45) is -1.09. The minimum Gasteiger partial charge on any atom is -0.394 e. The third-order valence-corrected chi connectivity index (χ3v) is 8.77. The van der Waals surface area contributed by atoms with E-state index in [-0.39, 0.29) is 48.2 Å². The highest BCUT2D eigenvalue weighted by Gasteiger charge is 2.30. The lowest BCUT2D eigenvalue weighted by Crippen LogP contribution is -2.33. The van der Waals surface area contributed by atoms with Crippen LogP contribution in [0.25, 0.3) is 0 Å². The van der Waals surface area contributed by atoms with E-state index in [4.69, 9.17) is 5.11 Å². The summed E-state index contributed by atoms with van der Waals surface area (Å²) in [6, 6.07) is 2.59. The highest BCUT2D eigenvalue weighted by Crippen LogP contribution is 2.32. The van der Waals surface area contributed by atoms with Crippen molar-refractivity contribution in [1.29, 1.82) is 0 Å². The van der Waals surface area contributed by atoms with Crippen LogP contribution >= 0.6 is 0 Å². The predicted molar refractivity (Wildman–Crippen MR) is 113 cm³/mol. The lowest BCUT2D eigenvalue weighted by molar-refractivity contribution is 0.105. The molecule has 1 rings (SSSR count). The molecule has 11 heteroatoms. The SMILES string of the molecule is CCN(CC)S(=O)(=O)c1cc(C)c(NCC(O)CO)c(S(=O)(=O)N(CC)CC)c1. The summed E-state index contributed by atoms with van der Waals surface area (Å²) in [5.41, 5.74) is 0.622. The number of nitrogens with one attached hydrogen (secondary N) is 1. The monoisotopic (exact) mass is 451 g/mol. The molecule has 1 aromatic carbocycles. The van der Waals surface area contributed by atoms with Crippen LogP contribution in [0.4, 0.5) is 5.69 Å². The maximum Gasteiger partial charge on any atom is 0.245 e. The molecule has 9 nitrogen and oxygen atoms in total. The van der Waals surface area contributed by atoms with Crippen molar-refractivity contribution in [3.05, 3.63) is 17.7 Å². The molecule has 0 spiro atoms. The summed E-state index contributed by atoms with van der Waals surface area (Å²) in [6.45, 7) is 8.85. The summed E-state index contributed by atoms with van der Waals surface area (Å²) >= 11 is 0. The number of benzene rings is 1. The minimum atomic E-state index is -3.99. The van der Waals surface area contributed by atoms with Crippen LogP contribution in [0.2, 0.25) is 0 Å². The van der Waals surface area contributed by atoms with Gasteiger partial charge in [-0.25, -0.2) is 16.8 Å². The molecule has 0 aliphatic rings. The van der Waals surface area contributed by atoms with Gasteiger partial charge in [-0.05, 0) is 24.6 Å². The molecule has 3 N–H and O–H groups in total. The molecule has 0 saturated carbocycles. The second kappa shape index (κ2) is 10.7. The van der Waals surface area contributed by atoms with E-state index in [2.05, 4.69) is 5.32 Å². The van der Waals surface area contributed by atoms with Gasteiger partial charge in [0.2, 0.25) is 20.0 Å². The van der Waals surface area contributed by atoms with Crippen LogP contribution in [0.1, 0.15) is 33.3 Å². The number of aliphatic hydroxyl groups is 2. The van der Waals surface area contributed by atoms with Crippen LogP contribution in [0.3, 0.4) is 0 Å². The van der Waals surface area contributed by atoms with Gasteiger partial charge in [-0.2, -0.15) is 8.61 Å². The first-order valence-electron chi connectivity index (χ1n) is 9.68. The fourth-order valence-electron chi connectivity index (χ4n) is 3.00. The van der Waals surface area contributed by atoms with Gasteiger partial charge in [-0.15, -0.1) is 0 Å². The highest BCUT2D eigenvalue weighted by atomic mass is 32.2. The summed E-state index contributed by atoms with van der Waals surface area (Å²) < 4.78 is 54.9. The Morgan fingerprint density at radius 3 is 1.86 bits per heavy atom. The van der Waals surface area contributed by atoms with Crippen molar-refractivity contribution in [1.82, 2.24) is 8.61 Å². The lowest BCUT2D eigenvalue weighted by atomic mass is 10.2. The summed E-state index contributed by atoms with van der Waals surface area (Å²) in [5, 5.41) is 21.5. The number of nitrogens with zero attached hydrogens (tertiary/aromatic N) is 2. The number of hydrogen-bond donors (Lipinski definition) is 3. The third-order valence-electron chi connectivity index (χ3n) is 4.66. The van der Waals surface area contributed by atoms with E-state index in [1.54, 1.807) is 34.6 Å². The maximum atomic E-state index is 13.2. The van der Waals surface area contributed by atoms with Crippen LogP contribution < -0.4 is 5.32 Å². The molecule has 1 aromatic rings. The van der Waals surface area contributed by atoms with E-state index >= 15 is 0 Å². The first kappa shape index (κ1) is 25.8. The number of anilines is 1. The highest BCUT2D eigenvalue weighted by molar-refractivity contribution is 7.90. The first-order valence-corrected chi connectivity index (χ1v) is 12.6. The van der Waals surface area contributed by atoms with Gasteiger partial charge in [-0.1, -0.05) is 27.7 Å². The molecule has 0 heterocycles. The fraction of sp³-hybridized carbons (Fsp3) is 0.667. The zero-order valence-electron chi connectivity index (χ0n) is 17.7. The van der Waals surface area contributed by atoms with Gasteiger partial charge >= 0.3 is 0 Å².